The van der Waals surface area contributed by atoms with Crippen molar-refractivity contribution in [1.29, 1.82) is 0 Å². The average molecular weight is 409 g/mol. The van der Waals surface area contributed by atoms with Crippen LogP contribution >= 0.6 is 0 Å². The maximum absolute atomic E-state index is 4.88. The molecule has 6 nitrogen and oxygen atoms in total. The van der Waals surface area contributed by atoms with E-state index in [-0.39, 0.29) is 5.41 Å². The predicted octanol–water partition coefficient (Wildman–Crippen LogP) is 5.25. The Hall–Kier alpha value is -3.80. The minimum atomic E-state index is 0.0997. The second-order valence-corrected chi connectivity index (χ2v) is 8.66. The summed E-state index contributed by atoms with van der Waals surface area (Å²) in [5, 5.41) is 19.3. The van der Waals surface area contributed by atoms with E-state index in [2.05, 4.69) is 77.7 Å². The van der Waals surface area contributed by atoms with Crippen LogP contribution in [0.5, 0.6) is 0 Å². The van der Waals surface area contributed by atoms with E-state index >= 15 is 0 Å². The van der Waals surface area contributed by atoms with Gasteiger partial charge in [0, 0.05) is 22.5 Å². The SMILES string of the molecule is CC(C)(C)c1ccc(-c2nnc3c4ccccc4c(NCc4ccccn4)nn23)cc1. The van der Waals surface area contributed by atoms with Crippen molar-refractivity contribution in [1.82, 2.24) is 24.8 Å². The molecule has 3 aromatic heterocycles. The Bertz CT molecular complexity index is 1350. The predicted molar refractivity (Wildman–Crippen MR) is 124 cm³/mol. The fourth-order valence-electron chi connectivity index (χ4n) is 3.69. The zero-order chi connectivity index (χ0) is 21.4. The molecule has 0 aliphatic carbocycles. The molecule has 0 fully saturated rings. The topological polar surface area (TPSA) is 68.0 Å². The van der Waals surface area contributed by atoms with Crippen LogP contribution in [-0.2, 0) is 12.0 Å². The van der Waals surface area contributed by atoms with Crippen LogP contribution in [0, 0.1) is 0 Å². The molecule has 154 valence electrons. The molecule has 5 aromatic rings. The molecule has 0 radical (unpaired) electrons. The van der Waals surface area contributed by atoms with E-state index in [1.807, 2.05) is 34.8 Å². The summed E-state index contributed by atoms with van der Waals surface area (Å²) in [7, 11) is 0. The van der Waals surface area contributed by atoms with Crippen molar-refractivity contribution in [3.05, 3.63) is 84.2 Å². The number of hydrogen-bond donors (Lipinski definition) is 1. The molecule has 6 heteroatoms. The second kappa shape index (κ2) is 7.47. The summed E-state index contributed by atoms with van der Waals surface area (Å²) >= 11 is 0. The van der Waals surface area contributed by atoms with Gasteiger partial charge in [-0.25, -0.2) is 0 Å². The van der Waals surface area contributed by atoms with Gasteiger partial charge in [-0.2, -0.15) is 4.52 Å². The lowest BCUT2D eigenvalue weighted by Crippen LogP contribution is -2.10. The summed E-state index contributed by atoms with van der Waals surface area (Å²) in [6, 6.07) is 22.5. The fourth-order valence-corrected chi connectivity index (χ4v) is 3.69. The molecule has 1 N–H and O–H groups in total. The fraction of sp³-hybridized carbons (Fsp3) is 0.200. The molecule has 0 saturated heterocycles. The first-order chi connectivity index (χ1) is 15.0. The minimum Gasteiger partial charge on any atom is -0.362 e. The molecule has 0 spiro atoms. The molecule has 0 bridgehead atoms. The highest BCUT2D eigenvalue weighted by Crippen LogP contribution is 2.29. The van der Waals surface area contributed by atoms with Crippen molar-refractivity contribution in [2.24, 2.45) is 0 Å². The van der Waals surface area contributed by atoms with Crippen molar-refractivity contribution in [3.8, 4) is 11.4 Å². The quantitative estimate of drug-likeness (QED) is 0.440. The Kier molecular flexibility index (Phi) is 4.62. The van der Waals surface area contributed by atoms with Crippen molar-refractivity contribution in [2.45, 2.75) is 32.7 Å². The molecule has 2 aromatic carbocycles. The van der Waals surface area contributed by atoms with E-state index < -0.39 is 0 Å². The molecule has 0 aliphatic heterocycles. The number of nitrogens with zero attached hydrogens (tertiary/aromatic N) is 5. The lowest BCUT2D eigenvalue weighted by Gasteiger charge is -2.18. The summed E-state index contributed by atoms with van der Waals surface area (Å²) in [6.07, 6.45) is 1.80. The number of pyridine rings is 1. The van der Waals surface area contributed by atoms with Crippen LogP contribution in [0.2, 0.25) is 0 Å². The molecule has 0 atom stereocenters. The lowest BCUT2D eigenvalue weighted by molar-refractivity contribution is 0.590. The maximum atomic E-state index is 4.88. The molecule has 0 saturated carbocycles. The zero-order valence-corrected chi connectivity index (χ0v) is 17.9. The molecule has 5 rings (SSSR count). The molecule has 0 aliphatic rings. The van der Waals surface area contributed by atoms with E-state index in [1.165, 1.54) is 5.56 Å². The third kappa shape index (κ3) is 3.61. The summed E-state index contributed by atoms with van der Waals surface area (Å²) in [5.74, 6) is 1.50. The number of benzene rings is 2. The second-order valence-electron chi connectivity index (χ2n) is 8.66. The Morgan fingerprint density at radius 3 is 2.29 bits per heavy atom. The summed E-state index contributed by atoms with van der Waals surface area (Å²) in [4.78, 5) is 4.40. The minimum absolute atomic E-state index is 0.0997. The third-order valence-corrected chi connectivity index (χ3v) is 5.44. The first-order valence-electron chi connectivity index (χ1n) is 10.4. The number of rotatable bonds is 4. The van der Waals surface area contributed by atoms with Gasteiger partial charge in [-0.3, -0.25) is 4.98 Å². The summed E-state index contributed by atoms with van der Waals surface area (Å²) in [5.41, 5.74) is 4.06. The number of hydrogen-bond acceptors (Lipinski definition) is 5. The van der Waals surface area contributed by atoms with Gasteiger partial charge in [0.05, 0.1) is 12.2 Å². The van der Waals surface area contributed by atoms with Crippen LogP contribution in [0.15, 0.2) is 72.9 Å². The van der Waals surface area contributed by atoms with Gasteiger partial charge in [-0.1, -0.05) is 75.4 Å². The Morgan fingerprint density at radius 1 is 0.839 bits per heavy atom. The largest absolute Gasteiger partial charge is 0.362 e. The van der Waals surface area contributed by atoms with E-state index in [0.29, 0.717) is 6.54 Å². The van der Waals surface area contributed by atoms with Crippen molar-refractivity contribution < 1.29 is 0 Å². The van der Waals surface area contributed by atoms with E-state index in [9.17, 15) is 0 Å². The van der Waals surface area contributed by atoms with Crippen LogP contribution in [0.4, 0.5) is 5.82 Å². The first-order valence-corrected chi connectivity index (χ1v) is 10.4. The Balaban J connectivity index is 1.61. The normalized spacial score (nSPS) is 11.8. The highest BCUT2D eigenvalue weighted by Gasteiger charge is 2.17. The molecule has 31 heavy (non-hydrogen) atoms. The van der Waals surface area contributed by atoms with Gasteiger partial charge in [0.1, 0.15) is 0 Å². The van der Waals surface area contributed by atoms with Gasteiger partial charge < -0.3 is 5.32 Å². The van der Waals surface area contributed by atoms with Crippen molar-refractivity contribution in [3.63, 3.8) is 0 Å². The van der Waals surface area contributed by atoms with E-state index in [1.54, 1.807) is 6.20 Å². The highest BCUT2D eigenvalue weighted by atomic mass is 15.4. The van der Waals surface area contributed by atoms with Crippen LogP contribution in [0.3, 0.4) is 0 Å². The molecule has 3 heterocycles. The molecule has 0 amide bonds. The molecular weight excluding hydrogens is 384 g/mol. The summed E-state index contributed by atoms with van der Waals surface area (Å²) < 4.78 is 1.83. The summed E-state index contributed by atoms with van der Waals surface area (Å²) in [6.45, 7) is 7.21. The zero-order valence-electron chi connectivity index (χ0n) is 17.9. The maximum Gasteiger partial charge on any atom is 0.186 e. The van der Waals surface area contributed by atoms with Crippen LogP contribution < -0.4 is 5.32 Å². The highest BCUT2D eigenvalue weighted by molar-refractivity contribution is 6.00. The van der Waals surface area contributed by atoms with Crippen molar-refractivity contribution >= 4 is 22.2 Å². The van der Waals surface area contributed by atoms with Crippen LogP contribution in [0.25, 0.3) is 27.8 Å². The standard InChI is InChI=1S/C25H24N6/c1-25(2,3)18-13-11-17(12-14-18)23-28-29-24-21-10-5-4-9-20(21)22(30-31(23)24)27-16-19-8-6-7-15-26-19/h4-15H,16H2,1-3H3,(H,27,30). The average Bonchev–Trinajstić information content (AvgIpc) is 3.22. The van der Waals surface area contributed by atoms with Gasteiger partial charge in [0.2, 0.25) is 0 Å². The van der Waals surface area contributed by atoms with Gasteiger partial charge in [-0.05, 0) is 23.1 Å². The third-order valence-electron chi connectivity index (χ3n) is 5.44. The Labute approximate surface area is 181 Å². The lowest BCUT2D eigenvalue weighted by atomic mass is 9.87. The first kappa shape index (κ1) is 19.2. The number of fused-ring (bicyclic) bond motifs is 3. The van der Waals surface area contributed by atoms with Crippen molar-refractivity contribution in [2.75, 3.05) is 5.32 Å². The van der Waals surface area contributed by atoms with E-state index in [4.69, 9.17) is 5.10 Å². The molecular formula is C25H24N6. The van der Waals surface area contributed by atoms with Gasteiger partial charge in [0.25, 0.3) is 0 Å². The van der Waals surface area contributed by atoms with E-state index in [0.717, 1.165) is 39.3 Å². The van der Waals surface area contributed by atoms with Crippen LogP contribution in [-0.4, -0.2) is 24.8 Å². The smallest absolute Gasteiger partial charge is 0.186 e. The van der Waals surface area contributed by atoms with Gasteiger partial charge >= 0.3 is 0 Å². The number of anilines is 1. The van der Waals surface area contributed by atoms with Crippen LogP contribution in [0.1, 0.15) is 32.0 Å². The van der Waals surface area contributed by atoms with Gasteiger partial charge in [0.15, 0.2) is 17.3 Å². The number of aromatic nitrogens is 5. The molecule has 0 unspecified atom stereocenters. The van der Waals surface area contributed by atoms with Gasteiger partial charge in [-0.15, -0.1) is 15.3 Å². The Morgan fingerprint density at radius 2 is 1.58 bits per heavy atom. The number of nitrogens with one attached hydrogen (secondary N) is 1. The monoisotopic (exact) mass is 408 g/mol.